The van der Waals surface area contributed by atoms with E-state index in [-0.39, 0.29) is 48.0 Å². The van der Waals surface area contributed by atoms with Gasteiger partial charge in [0, 0.05) is 19.3 Å². The number of carbonyl (C=O) groups is 1. The third kappa shape index (κ3) is 5.58. The van der Waals surface area contributed by atoms with Crippen LogP contribution in [0, 0.1) is 23.1 Å². The lowest BCUT2D eigenvalue weighted by Crippen LogP contribution is -2.51. The van der Waals surface area contributed by atoms with Crippen LogP contribution in [0.3, 0.4) is 0 Å². The Morgan fingerprint density at radius 1 is 1.26 bits per heavy atom. The van der Waals surface area contributed by atoms with Crippen LogP contribution in [0.5, 0.6) is 11.5 Å². The summed E-state index contributed by atoms with van der Waals surface area (Å²) >= 11 is 0. The highest BCUT2D eigenvalue weighted by Gasteiger charge is 2.41. The van der Waals surface area contributed by atoms with Crippen LogP contribution in [-0.4, -0.2) is 48.3 Å². The summed E-state index contributed by atoms with van der Waals surface area (Å²) in [5, 5.41) is 9.28. The molecule has 1 saturated heterocycles. The van der Waals surface area contributed by atoms with Gasteiger partial charge in [-0.3, -0.25) is 9.78 Å². The fraction of sp³-hybridized carbons (Fsp3) is 0.409. The molecule has 1 aliphatic heterocycles. The van der Waals surface area contributed by atoms with E-state index in [0.717, 1.165) is 26.2 Å². The number of hydrogen-bond donors (Lipinski definition) is 0. The number of nitrogens with zero attached hydrogens (tertiary/aromatic N) is 3. The van der Waals surface area contributed by atoms with E-state index in [1.54, 1.807) is 6.07 Å². The Hall–Kier alpha value is -3.56. The maximum atomic E-state index is 14.1. The predicted octanol–water partition coefficient (Wildman–Crippen LogP) is 4.76. The summed E-state index contributed by atoms with van der Waals surface area (Å²) in [6, 6.07) is 4.35. The molecule has 1 aliphatic rings. The number of likely N-dealkylation sites (tertiary alicyclic amines) is 1. The van der Waals surface area contributed by atoms with E-state index in [1.807, 2.05) is 0 Å². The minimum atomic E-state index is -4.74. The molecule has 0 unspecified atom stereocenters. The molecule has 2 heterocycles. The third-order valence-corrected chi connectivity index (χ3v) is 5.39. The Morgan fingerprint density at radius 3 is 2.43 bits per heavy atom. The molecular formula is C22H18F7N3O3. The summed E-state index contributed by atoms with van der Waals surface area (Å²) in [5.74, 6) is -2.97. The molecule has 1 amide bonds. The molecule has 0 bridgehead atoms. The van der Waals surface area contributed by atoms with Crippen LogP contribution >= 0.6 is 0 Å². The molecule has 1 atom stereocenters. The van der Waals surface area contributed by atoms with Gasteiger partial charge in [-0.15, -0.1) is 0 Å². The summed E-state index contributed by atoms with van der Waals surface area (Å²) in [5.41, 5.74) is -1.91. The van der Waals surface area contributed by atoms with Crippen molar-refractivity contribution in [1.29, 1.82) is 5.26 Å². The van der Waals surface area contributed by atoms with E-state index in [9.17, 15) is 40.8 Å². The van der Waals surface area contributed by atoms with E-state index in [4.69, 9.17) is 9.47 Å². The fourth-order valence-corrected chi connectivity index (χ4v) is 3.49. The standard InChI is InChI=1S/C22H18F7N3O3/c1-11(21(24,25)26)35-17-4-3-13(7-30)19(34-2)18(17)20(33)32-9-12(10-32)5-16-15(23)6-14(8-31-16)22(27,28)29/h3-4,6,8,11-12H,5,9-10H2,1-2H3/t11-/m0/s1. The van der Waals surface area contributed by atoms with Crippen molar-refractivity contribution in [1.82, 2.24) is 9.88 Å². The number of ether oxygens (including phenoxy) is 2. The molecule has 0 radical (unpaired) electrons. The van der Waals surface area contributed by atoms with Gasteiger partial charge in [0.15, 0.2) is 11.9 Å². The Morgan fingerprint density at radius 2 is 1.91 bits per heavy atom. The molecule has 35 heavy (non-hydrogen) atoms. The van der Waals surface area contributed by atoms with Gasteiger partial charge in [-0.25, -0.2) is 4.39 Å². The van der Waals surface area contributed by atoms with Gasteiger partial charge >= 0.3 is 12.4 Å². The second-order valence-electron chi connectivity index (χ2n) is 7.86. The molecule has 0 aliphatic carbocycles. The molecule has 0 spiro atoms. The van der Waals surface area contributed by atoms with E-state index in [1.165, 1.54) is 4.90 Å². The Labute approximate surface area is 194 Å². The molecule has 1 aromatic carbocycles. The summed E-state index contributed by atoms with van der Waals surface area (Å²) in [6.45, 7) is 0.800. The first kappa shape index (κ1) is 26.1. The maximum absolute atomic E-state index is 14.1. The Balaban J connectivity index is 1.79. The van der Waals surface area contributed by atoms with Crippen molar-refractivity contribution in [2.45, 2.75) is 31.8 Å². The van der Waals surface area contributed by atoms with E-state index in [2.05, 4.69) is 4.98 Å². The van der Waals surface area contributed by atoms with Crippen molar-refractivity contribution in [3.63, 3.8) is 0 Å². The number of rotatable bonds is 6. The Bertz CT molecular complexity index is 1150. The van der Waals surface area contributed by atoms with Crippen molar-refractivity contribution >= 4 is 5.91 Å². The summed E-state index contributed by atoms with van der Waals surface area (Å²) in [6.07, 6.45) is -11.3. The van der Waals surface area contributed by atoms with Gasteiger partial charge in [-0.2, -0.15) is 31.6 Å². The van der Waals surface area contributed by atoms with Crippen LogP contribution in [-0.2, 0) is 12.6 Å². The molecule has 3 rings (SSSR count). The number of carbonyl (C=O) groups excluding carboxylic acids is 1. The highest BCUT2D eigenvalue weighted by atomic mass is 19.4. The molecular weight excluding hydrogens is 487 g/mol. The average Bonchev–Trinajstić information content (AvgIpc) is 2.74. The van der Waals surface area contributed by atoms with Crippen molar-refractivity contribution in [3.8, 4) is 17.6 Å². The zero-order valence-corrected chi connectivity index (χ0v) is 18.3. The van der Waals surface area contributed by atoms with Crippen molar-refractivity contribution in [3.05, 3.63) is 52.6 Å². The minimum absolute atomic E-state index is 0.0230. The zero-order valence-electron chi connectivity index (χ0n) is 18.3. The lowest BCUT2D eigenvalue weighted by atomic mass is 9.92. The van der Waals surface area contributed by atoms with Gasteiger partial charge in [0.1, 0.15) is 23.2 Å². The first-order chi connectivity index (χ1) is 16.3. The van der Waals surface area contributed by atoms with Gasteiger partial charge in [-0.05, 0) is 37.5 Å². The van der Waals surface area contributed by atoms with Gasteiger partial charge < -0.3 is 14.4 Å². The van der Waals surface area contributed by atoms with Gasteiger partial charge in [0.25, 0.3) is 5.91 Å². The zero-order chi connectivity index (χ0) is 26.1. The molecule has 188 valence electrons. The summed E-state index contributed by atoms with van der Waals surface area (Å²) in [4.78, 5) is 17.9. The lowest BCUT2D eigenvalue weighted by Gasteiger charge is -2.39. The average molecular weight is 505 g/mol. The number of pyridine rings is 1. The number of benzene rings is 1. The molecule has 1 aromatic heterocycles. The molecule has 2 aromatic rings. The quantitative estimate of drug-likeness (QED) is 0.529. The number of hydrogen-bond acceptors (Lipinski definition) is 5. The largest absolute Gasteiger partial charge is 0.494 e. The number of halogens is 7. The highest BCUT2D eigenvalue weighted by Crippen LogP contribution is 2.37. The van der Waals surface area contributed by atoms with Gasteiger partial charge in [0.2, 0.25) is 0 Å². The molecule has 0 N–H and O–H groups in total. The van der Waals surface area contributed by atoms with Crippen LogP contribution < -0.4 is 9.47 Å². The van der Waals surface area contributed by atoms with Crippen molar-refractivity contribution in [2.75, 3.05) is 20.2 Å². The SMILES string of the molecule is COc1c(C#N)ccc(O[C@@H](C)C(F)(F)F)c1C(=O)N1CC(Cc2ncc(C(F)(F)F)cc2F)C1. The number of nitriles is 1. The summed E-state index contributed by atoms with van der Waals surface area (Å²) in [7, 11) is 1.14. The van der Waals surface area contributed by atoms with Crippen molar-refractivity contribution in [2.24, 2.45) is 5.92 Å². The van der Waals surface area contributed by atoms with Crippen LogP contribution in [0.4, 0.5) is 30.7 Å². The van der Waals surface area contributed by atoms with Crippen LogP contribution in [0.1, 0.15) is 34.1 Å². The predicted molar refractivity (Wildman–Crippen MR) is 106 cm³/mol. The van der Waals surface area contributed by atoms with Crippen LogP contribution in [0.2, 0.25) is 0 Å². The smallest absolute Gasteiger partial charge is 0.425 e. The first-order valence-electron chi connectivity index (χ1n) is 10.1. The van der Waals surface area contributed by atoms with Crippen LogP contribution in [0.25, 0.3) is 0 Å². The minimum Gasteiger partial charge on any atom is -0.494 e. The van der Waals surface area contributed by atoms with Crippen LogP contribution in [0.15, 0.2) is 24.4 Å². The summed E-state index contributed by atoms with van der Waals surface area (Å²) < 4.78 is 101. The number of alkyl halides is 6. The van der Waals surface area contributed by atoms with E-state index in [0.29, 0.717) is 12.3 Å². The normalized spacial score (nSPS) is 15.3. The van der Waals surface area contributed by atoms with Gasteiger partial charge in [-0.1, -0.05) is 0 Å². The lowest BCUT2D eigenvalue weighted by molar-refractivity contribution is -0.189. The van der Waals surface area contributed by atoms with E-state index < -0.39 is 41.5 Å². The third-order valence-electron chi connectivity index (χ3n) is 5.39. The second-order valence-corrected chi connectivity index (χ2v) is 7.86. The first-order valence-corrected chi connectivity index (χ1v) is 10.1. The second kappa shape index (κ2) is 9.59. The molecule has 1 fully saturated rings. The number of methoxy groups -OCH3 is 1. The Kier molecular flexibility index (Phi) is 7.14. The highest BCUT2D eigenvalue weighted by molar-refractivity contribution is 6.01. The molecule has 0 saturated carbocycles. The molecule has 13 heteroatoms. The van der Waals surface area contributed by atoms with Gasteiger partial charge in [0.05, 0.1) is 23.9 Å². The number of amides is 1. The monoisotopic (exact) mass is 505 g/mol. The fourth-order valence-electron chi connectivity index (χ4n) is 3.49. The topological polar surface area (TPSA) is 75.5 Å². The number of aromatic nitrogens is 1. The maximum Gasteiger partial charge on any atom is 0.425 e. The van der Waals surface area contributed by atoms with E-state index >= 15 is 0 Å². The van der Waals surface area contributed by atoms with Crippen molar-refractivity contribution < 1.29 is 45.0 Å². The molecule has 6 nitrogen and oxygen atoms in total.